The lowest BCUT2D eigenvalue weighted by Crippen LogP contribution is -2.39. The molecule has 0 bridgehead atoms. The third-order valence-electron chi connectivity index (χ3n) is 4.96. The lowest BCUT2D eigenvalue weighted by molar-refractivity contribution is 0.414. The van der Waals surface area contributed by atoms with Crippen LogP contribution in [-0.2, 0) is 16.6 Å². The number of nitrogens with one attached hydrogen (secondary N) is 1. The molecule has 0 spiro atoms. The predicted octanol–water partition coefficient (Wildman–Crippen LogP) is 2.53. The molecule has 1 aliphatic heterocycles. The second-order valence-corrected chi connectivity index (χ2v) is 8.36. The van der Waals surface area contributed by atoms with Crippen LogP contribution in [-0.4, -0.2) is 46.5 Å². The molecule has 1 atom stereocenters. The van der Waals surface area contributed by atoms with Crippen molar-refractivity contribution >= 4 is 40.0 Å². The van der Waals surface area contributed by atoms with Gasteiger partial charge in [-0.15, -0.1) is 24.0 Å². The molecule has 29 heavy (non-hydrogen) atoms. The SMILES string of the molecule is CN=C(NCc1cccc(S(N)(=O)=O)c1)N1CCC(c2ccc(OC)cc2)C1.I. The molecule has 0 saturated carbocycles. The standard InChI is InChI=1S/C20H26N4O3S.HI/c1-22-20(23-13-15-4-3-5-19(12-15)28(21,25)26)24-11-10-17(14-24)16-6-8-18(27-2)9-7-16;/h3-9,12,17H,10-11,13-14H2,1-2H3,(H,22,23)(H2,21,25,26);1H. The highest BCUT2D eigenvalue weighted by atomic mass is 127. The van der Waals surface area contributed by atoms with Gasteiger partial charge in [0.2, 0.25) is 10.0 Å². The Balaban J connectivity index is 0.00000300. The van der Waals surface area contributed by atoms with Crippen LogP contribution in [0.15, 0.2) is 58.4 Å². The van der Waals surface area contributed by atoms with Crippen molar-refractivity contribution in [1.29, 1.82) is 0 Å². The maximum Gasteiger partial charge on any atom is 0.238 e. The van der Waals surface area contributed by atoms with Crippen LogP contribution in [0.4, 0.5) is 0 Å². The Morgan fingerprint density at radius 1 is 1.28 bits per heavy atom. The fraction of sp³-hybridized carbons (Fsp3) is 0.350. The second kappa shape index (κ2) is 10.3. The maximum atomic E-state index is 11.5. The zero-order valence-corrected chi connectivity index (χ0v) is 19.7. The van der Waals surface area contributed by atoms with Gasteiger partial charge in [-0.05, 0) is 41.8 Å². The van der Waals surface area contributed by atoms with Crippen molar-refractivity contribution in [3.63, 3.8) is 0 Å². The zero-order valence-electron chi connectivity index (χ0n) is 16.5. The average Bonchev–Trinajstić information content (AvgIpc) is 3.18. The highest BCUT2D eigenvalue weighted by molar-refractivity contribution is 14.0. The van der Waals surface area contributed by atoms with E-state index >= 15 is 0 Å². The molecule has 1 heterocycles. The van der Waals surface area contributed by atoms with Crippen molar-refractivity contribution in [2.75, 3.05) is 27.2 Å². The number of aliphatic imine (C=N–C) groups is 1. The van der Waals surface area contributed by atoms with Crippen molar-refractivity contribution < 1.29 is 13.2 Å². The summed E-state index contributed by atoms with van der Waals surface area (Å²) >= 11 is 0. The highest BCUT2D eigenvalue weighted by Crippen LogP contribution is 2.28. The number of hydrogen-bond donors (Lipinski definition) is 2. The molecule has 9 heteroatoms. The molecule has 3 rings (SSSR count). The molecule has 1 aliphatic rings. The number of likely N-dealkylation sites (tertiary alicyclic amines) is 1. The summed E-state index contributed by atoms with van der Waals surface area (Å²) in [6.07, 6.45) is 1.05. The van der Waals surface area contributed by atoms with Crippen molar-refractivity contribution in [3.8, 4) is 5.75 Å². The monoisotopic (exact) mass is 530 g/mol. The summed E-state index contributed by atoms with van der Waals surface area (Å²) in [6, 6.07) is 14.8. The van der Waals surface area contributed by atoms with Gasteiger partial charge in [0.25, 0.3) is 0 Å². The van der Waals surface area contributed by atoms with Gasteiger partial charge in [-0.25, -0.2) is 13.6 Å². The summed E-state index contributed by atoms with van der Waals surface area (Å²) in [5.74, 6) is 2.10. The maximum absolute atomic E-state index is 11.5. The van der Waals surface area contributed by atoms with Crippen LogP contribution in [0.1, 0.15) is 23.5 Å². The summed E-state index contributed by atoms with van der Waals surface area (Å²) in [4.78, 5) is 6.71. The van der Waals surface area contributed by atoms with Crippen LogP contribution in [0.3, 0.4) is 0 Å². The van der Waals surface area contributed by atoms with E-state index in [2.05, 4.69) is 27.3 Å². The third kappa shape index (κ3) is 6.06. The van der Waals surface area contributed by atoms with E-state index in [1.807, 2.05) is 18.2 Å². The largest absolute Gasteiger partial charge is 0.497 e. The molecule has 7 nitrogen and oxygen atoms in total. The van der Waals surface area contributed by atoms with E-state index in [0.29, 0.717) is 12.5 Å². The van der Waals surface area contributed by atoms with Crippen molar-refractivity contribution in [2.24, 2.45) is 10.1 Å². The summed E-state index contributed by atoms with van der Waals surface area (Å²) in [5, 5.41) is 8.52. The van der Waals surface area contributed by atoms with Crippen molar-refractivity contribution in [1.82, 2.24) is 10.2 Å². The van der Waals surface area contributed by atoms with Crippen molar-refractivity contribution in [3.05, 3.63) is 59.7 Å². The van der Waals surface area contributed by atoms with E-state index in [4.69, 9.17) is 9.88 Å². The third-order valence-corrected chi connectivity index (χ3v) is 5.88. The van der Waals surface area contributed by atoms with Gasteiger partial charge in [-0.2, -0.15) is 0 Å². The summed E-state index contributed by atoms with van der Waals surface area (Å²) < 4.78 is 28.3. The van der Waals surface area contributed by atoms with Gasteiger partial charge in [0, 0.05) is 32.6 Å². The van der Waals surface area contributed by atoms with Gasteiger partial charge in [0.05, 0.1) is 12.0 Å². The van der Waals surface area contributed by atoms with Gasteiger partial charge < -0.3 is 15.0 Å². The number of rotatable bonds is 5. The number of guanidine groups is 1. The Bertz CT molecular complexity index is 948. The van der Waals surface area contributed by atoms with E-state index in [1.165, 1.54) is 11.6 Å². The number of hydrogen-bond acceptors (Lipinski definition) is 4. The molecule has 0 aromatic heterocycles. The van der Waals surface area contributed by atoms with Crippen LogP contribution < -0.4 is 15.2 Å². The minimum absolute atomic E-state index is 0. The predicted molar refractivity (Wildman–Crippen MR) is 125 cm³/mol. The summed E-state index contributed by atoms with van der Waals surface area (Å²) in [7, 11) is -0.284. The van der Waals surface area contributed by atoms with Gasteiger partial charge in [0.1, 0.15) is 5.75 Å². The lowest BCUT2D eigenvalue weighted by atomic mass is 9.98. The molecule has 1 saturated heterocycles. The second-order valence-electron chi connectivity index (χ2n) is 6.80. The quantitative estimate of drug-likeness (QED) is 0.352. The number of nitrogens with zero attached hydrogens (tertiary/aromatic N) is 2. The molecular formula is C20H27IN4O3S. The number of methoxy groups -OCH3 is 1. The number of nitrogens with two attached hydrogens (primary N) is 1. The smallest absolute Gasteiger partial charge is 0.238 e. The first-order valence-electron chi connectivity index (χ1n) is 9.12. The Kier molecular flexibility index (Phi) is 8.29. The minimum atomic E-state index is -3.71. The van der Waals surface area contributed by atoms with E-state index in [1.54, 1.807) is 26.3 Å². The Hall–Kier alpha value is -1.85. The molecule has 1 unspecified atom stereocenters. The van der Waals surface area contributed by atoms with E-state index in [9.17, 15) is 8.42 Å². The van der Waals surface area contributed by atoms with E-state index < -0.39 is 10.0 Å². The van der Waals surface area contributed by atoms with E-state index in [0.717, 1.165) is 36.8 Å². The van der Waals surface area contributed by atoms with Gasteiger partial charge in [-0.1, -0.05) is 24.3 Å². The topological polar surface area (TPSA) is 97.0 Å². The van der Waals surface area contributed by atoms with Crippen LogP contribution in [0.25, 0.3) is 0 Å². The Labute approximate surface area is 189 Å². The summed E-state index contributed by atoms with van der Waals surface area (Å²) in [6.45, 7) is 2.26. The fourth-order valence-electron chi connectivity index (χ4n) is 3.45. The Morgan fingerprint density at radius 3 is 2.62 bits per heavy atom. The van der Waals surface area contributed by atoms with Crippen molar-refractivity contribution in [2.45, 2.75) is 23.8 Å². The molecule has 1 fully saturated rings. The molecule has 2 aromatic carbocycles. The van der Waals surface area contributed by atoms with E-state index in [-0.39, 0.29) is 28.9 Å². The molecule has 0 aliphatic carbocycles. The average molecular weight is 530 g/mol. The molecule has 0 amide bonds. The minimum Gasteiger partial charge on any atom is -0.497 e. The van der Waals surface area contributed by atoms with Gasteiger partial charge >= 0.3 is 0 Å². The van der Waals surface area contributed by atoms with Gasteiger partial charge in [0.15, 0.2) is 5.96 Å². The first-order chi connectivity index (χ1) is 13.4. The normalized spacial score (nSPS) is 17.0. The number of sulfonamides is 1. The lowest BCUT2D eigenvalue weighted by Gasteiger charge is -2.22. The Morgan fingerprint density at radius 2 is 2.00 bits per heavy atom. The molecule has 3 N–H and O–H groups in total. The molecule has 158 valence electrons. The molecular weight excluding hydrogens is 503 g/mol. The fourth-order valence-corrected chi connectivity index (χ4v) is 4.03. The first kappa shape index (κ1) is 23.4. The first-order valence-corrected chi connectivity index (χ1v) is 10.7. The molecule has 2 aromatic rings. The van der Waals surface area contributed by atoms with Crippen LogP contribution >= 0.6 is 24.0 Å². The number of ether oxygens (including phenoxy) is 1. The molecule has 0 radical (unpaired) electrons. The summed E-state index contributed by atoms with van der Waals surface area (Å²) in [5.41, 5.74) is 2.12. The van der Waals surface area contributed by atoms with Crippen LogP contribution in [0.2, 0.25) is 0 Å². The number of primary sulfonamides is 1. The number of halogens is 1. The highest BCUT2D eigenvalue weighted by Gasteiger charge is 2.26. The van der Waals surface area contributed by atoms with Crippen LogP contribution in [0, 0.1) is 0 Å². The number of benzene rings is 2. The van der Waals surface area contributed by atoms with Gasteiger partial charge in [-0.3, -0.25) is 4.99 Å². The van der Waals surface area contributed by atoms with Crippen LogP contribution in [0.5, 0.6) is 5.75 Å². The zero-order chi connectivity index (χ0) is 20.1.